The van der Waals surface area contributed by atoms with Gasteiger partial charge in [0.1, 0.15) is 0 Å². The molecule has 0 aliphatic heterocycles. The van der Waals surface area contributed by atoms with Crippen LogP contribution in [0.15, 0.2) is 54.7 Å². The van der Waals surface area contributed by atoms with E-state index in [-0.39, 0.29) is 0 Å². The Morgan fingerprint density at radius 3 is 2.83 bits per heavy atom. The van der Waals surface area contributed by atoms with Crippen molar-refractivity contribution in [2.24, 2.45) is 0 Å². The lowest BCUT2D eigenvalue weighted by Gasteiger charge is -2.03. The van der Waals surface area contributed by atoms with Gasteiger partial charge >= 0.3 is 0 Å². The van der Waals surface area contributed by atoms with Crippen LogP contribution in [0.3, 0.4) is 0 Å². The fraction of sp³-hybridized carbons (Fsp3) is 0. The molecule has 1 heterocycles. The van der Waals surface area contributed by atoms with Gasteiger partial charge in [0.2, 0.25) is 0 Å². The molecular weight excluding hydrogens is 220 g/mol. The summed E-state index contributed by atoms with van der Waals surface area (Å²) in [4.78, 5) is 3.17. The predicted molar refractivity (Wildman–Crippen MR) is 72.0 cm³/mol. The molecule has 0 unspecified atom stereocenters. The molecule has 18 heavy (non-hydrogen) atoms. The highest BCUT2D eigenvalue weighted by molar-refractivity contribution is 5.80. The molecule has 3 aromatic rings. The quantitative estimate of drug-likeness (QED) is 0.718. The van der Waals surface area contributed by atoms with Crippen molar-refractivity contribution in [1.82, 2.24) is 4.98 Å². The first-order valence-electron chi connectivity index (χ1n) is 5.78. The van der Waals surface area contributed by atoms with Crippen molar-refractivity contribution >= 4 is 10.9 Å². The molecule has 3 rings (SSSR count). The second-order valence-electron chi connectivity index (χ2n) is 4.17. The summed E-state index contributed by atoms with van der Waals surface area (Å²) >= 11 is 0. The van der Waals surface area contributed by atoms with E-state index in [4.69, 9.17) is 5.26 Å². The molecule has 0 aliphatic carbocycles. The zero-order valence-corrected chi connectivity index (χ0v) is 9.72. The second kappa shape index (κ2) is 4.38. The molecule has 0 saturated heterocycles. The van der Waals surface area contributed by atoms with Gasteiger partial charge in [-0.25, -0.2) is 0 Å². The third-order valence-electron chi connectivity index (χ3n) is 2.98. The molecule has 2 nitrogen and oxygen atoms in total. The number of fused-ring (bicyclic) bond motifs is 1. The molecule has 1 radical (unpaired) electrons. The smallest absolute Gasteiger partial charge is 0.0994 e. The third kappa shape index (κ3) is 1.87. The highest BCUT2D eigenvalue weighted by atomic mass is 14.7. The number of nitrogens with zero attached hydrogens (tertiary/aromatic N) is 1. The van der Waals surface area contributed by atoms with Crippen molar-refractivity contribution in [2.45, 2.75) is 0 Å². The molecule has 0 fully saturated rings. The lowest BCUT2D eigenvalue weighted by Crippen LogP contribution is -1.89. The fourth-order valence-corrected chi connectivity index (χ4v) is 2.07. The number of hydrogen-bond acceptors (Lipinski definition) is 1. The van der Waals surface area contributed by atoms with Crippen molar-refractivity contribution < 1.29 is 0 Å². The van der Waals surface area contributed by atoms with Crippen LogP contribution < -0.4 is 0 Å². The molecule has 0 saturated carbocycles. The Morgan fingerprint density at radius 1 is 1.06 bits per heavy atom. The van der Waals surface area contributed by atoms with Gasteiger partial charge in [-0.05, 0) is 40.8 Å². The Hall–Kier alpha value is -2.53. The minimum Gasteiger partial charge on any atom is -0.361 e. The van der Waals surface area contributed by atoms with Gasteiger partial charge in [0.05, 0.1) is 11.6 Å². The Labute approximate surface area is 106 Å². The third-order valence-corrected chi connectivity index (χ3v) is 2.98. The number of aromatic nitrogens is 1. The molecule has 0 amide bonds. The van der Waals surface area contributed by atoms with Crippen LogP contribution in [-0.2, 0) is 0 Å². The first kappa shape index (κ1) is 10.6. The van der Waals surface area contributed by atoms with E-state index in [1.54, 1.807) is 0 Å². The normalized spacial score (nSPS) is 10.4. The van der Waals surface area contributed by atoms with Crippen LogP contribution in [0.2, 0.25) is 0 Å². The first-order valence-corrected chi connectivity index (χ1v) is 5.78. The SMILES string of the molecule is N#Cc1ccccc1[CH]c1ccc2[nH]ccc2c1. The number of H-pyrrole nitrogens is 1. The lowest BCUT2D eigenvalue weighted by atomic mass is 10.00. The zero-order valence-electron chi connectivity index (χ0n) is 9.72. The van der Waals surface area contributed by atoms with E-state index >= 15 is 0 Å². The van der Waals surface area contributed by atoms with Crippen LogP contribution in [0.5, 0.6) is 0 Å². The molecule has 0 aliphatic rings. The molecule has 0 bridgehead atoms. The zero-order chi connectivity index (χ0) is 12.4. The van der Waals surface area contributed by atoms with Crippen LogP contribution in [-0.4, -0.2) is 4.98 Å². The highest BCUT2D eigenvalue weighted by Crippen LogP contribution is 2.20. The minimum atomic E-state index is 0.701. The van der Waals surface area contributed by atoms with Gasteiger partial charge in [-0.15, -0.1) is 0 Å². The van der Waals surface area contributed by atoms with Crippen molar-refractivity contribution in [3.05, 3.63) is 77.8 Å². The molecule has 0 atom stereocenters. The Balaban J connectivity index is 1.98. The van der Waals surface area contributed by atoms with E-state index in [0.29, 0.717) is 5.56 Å². The molecule has 1 N–H and O–H groups in total. The van der Waals surface area contributed by atoms with E-state index in [2.05, 4.69) is 23.2 Å². The minimum absolute atomic E-state index is 0.701. The summed E-state index contributed by atoms with van der Waals surface area (Å²) in [5.74, 6) is 0. The number of hydrogen-bond donors (Lipinski definition) is 1. The van der Waals surface area contributed by atoms with Crippen LogP contribution in [0.25, 0.3) is 10.9 Å². The predicted octanol–water partition coefficient (Wildman–Crippen LogP) is 3.64. The Morgan fingerprint density at radius 2 is 1.94 bits per heavy atom. The molecule has 85 valence electrons. The maximum Gasteiger partial charge on any atom is 0.0994 e. The summed E-state index contributed by atoms with van der Waals surface area (Å²) in [6.45, 7) is 0. The van der Waals surface area contributed by atoms with Gasteiger partial charge < -0.3 is 4.98 Å². The van der Waals surface area contributed by atoms with E-state index in [1.165, 1.54) is 5.39 Å². The van der Waals surface area contributed by atoms with Crippen molar-refractivity contribution in [3.63, 3.8) is 0 Å². The van der Waals surface area contributed by atoms with Crippen LogP contribution in [0, 0.1) is 17.8 Å². The van der Waals surface area contributed by atoms with E-state index in [1.807, 2.05) is 49.0 Å². The van der Waals surface area contributed by atoms with E-state index in [9.17, 15) is 0 Å². The number of aromatic amines is 1. The van der Waals surface area contributed by atoms with Crippen molar-refractivity contribution in [2.75, 3.05) is 0 Å². The molecular formula is C16H11N2. The highest BCUT2D eigenvalue weighted by Gasteiger charge is 2.03. The first-order chi connectivity index (χ1) is 8.86. The Bertz CT molecular complexity index is 732. The van der Waals surface area contributed by atoms with Crippen molar-refractivity contribution in [1.29, 1.82) is 5.26 Å². The summed E-state index contributed by atoms with van der Waals surface area (Å²) in [6.07, 6.45) is 3.96. The van der Waals surface area contributed by atoms with Crippen molar-refractivity contribution in [3.8, 4) is 6.07 Å². The molecule has 2 aromatic carbocycles. The maximum atomic E-state index is 9.06. The van der Waals surface area contributed by atoms with Gasteiger partial charge in [-0.1, -0.05) is 24.3 Å². The lowest BCUT2D eigenvalue weighted by molar-refractivity contribution is 1.39. The maximum absolute atomic E-state index is 9.06. The van der Waals surface area contributed by atoms with Crippen LogP contribution >= 0.6 is 0 Å². The summed E-state index contributed by atoms with van der Waals surface area (Å²) in [5, 5.41) is 10.2. The largest absolute Gasteiger partial charge is 0.361 e. The van der Waals surface area contributed by atoms with Gasteiger partial charge in [0.15, 0.2) is 0 Å². The average molecular weight is 231 g/mol. The second-order valence-corrected chi connectivity index (χ2v) is 4.17. The molecule has 2 heteroatoms. The van der Waals surface area contributed by atoms with E-state index < -0.39 is 0 Å². The molecule has 0 spiro atoms. The monoisotopic (exact) mass is 231 g/mol. The summed E-state index contributed by atoms with van der Waals surface area (Å²) < 4.78 is 0. The number of nitrogens with one attached hydrogen (secondary N) is 1. The number of nitriles is 1. The van der Waals surface area contributed by atoms with E-state index in [0.717, 1.165) is 16.6 Å². The fourth-order valence-electron chi connectivity index (χ4n) is 2.07. The van der Waals surface area contributed by atoms with Gasteiger partial charge in [0.25, 0.3) is 0 Å². The van der Waals surface area contributed by atoms with Crippen LogP contribution in [0.4, 0.5) is 0 Å². The summed E-state index contributed by atoms with van der Waals surface area (Å²) in [6, 6.07) is 18.1. The van der Waals surface area contributed by atoms with Gasteiger partial charge in [-0.3, -0.25) is 0 Å². The Kier molecular flexibility index (Phi) is 2.59. The van der Waals surface area contributed by atoms with Gasteiger partial charge in [-0.2, -0.15) is 5.26 Å². The molecule has 1 aromatic heterocycles. The summed E-state index contributed by atoms with van der Waals surface area (Å²) in [5.41, 5.74) is 3.88. The summed E-state index contributed by atoms with van der Waals surface area (Å²) in [7, 11) is 0. The van der Waals surface area contributed by atoms with Gasteiger partial charge in [0, 0.05) is 18.1 Å². The van der Waals surface area contributed by atoms with Crippen LogP contribution in [0.1, 0.15) is 16.7 Å². The average Bonchev–Trinajstić information content (AvgIpc) is 2.87. The number of benzene rings is 2. The topological polar surface area (TPSA) is 39.6 Å². The number of rotatable bonds is 2. The standard InChI is InChI=1S/C16H11N2/c17-11-15-4-2-1-3-13(15)9-12-5-6-16-14(10-12)7-8-18-16/h1-10,18H.